The number of piperidine rings is 2. The van der Waals surface area contributed by atoms with Crippen LogP contribution < -0.4 is 19.9 Å². The lowest BCUT2D eigenvalue weighted by molar-refractivity contribution is -0.134. The van der Waals surface area contributed by atoms with Crippen LogP contribution in [0.15, 0.2) is 18.2 Å². The maximum atomic E-state index is 12.3. The van der Waals surface area contributed by atoms with E-state index in [1.54, 1.807) is 0 Å². The molecule has 0 saturated carbocycles. The summed E-state index contributed by atoms with van der Waals surface area (Å²) in [6.45, 7) is 2.49. The van der Waals surface area contributed by atoms with E-state index in [9.17, 15) is 14.4 Å². The Morgan fingerprint density at radius 2 is 1.76 bits per heavy atom. The lowest BCUT2D eigenvalue weighted by Crippen LogP contribution is -2.54. The smallest absolute Gasteiger partial charge is 0.249 e. The second kappa shape index (κ2) is 6.38. The lowest BCUT2D eigenvalue weighted by Gasteiger charge is -2.40. The molecule has 0 unspecified atom stereocenters. The predicted octanol–water partition coefficient (Wildman–Crippen LogP) is 0.860. The van der Waals surface area contributed by atoms with Crippen molar-refractivity contribution in [1.29, 1.82) is 0 Å². The molecular formula is C18H21N3O4. The first kappa shape index (κ1) is 15.9. The number of ether oxygens (including phenoxy) is 1. The number of carbonyl (C=O) groups is 3. The monoisotopic (exact) mass is 343 g/mol. The first-order chi connectivity index (χ1) is 12.1. The Morgan fingerprint density at radius 3 is 2.52 bits per heavy atom. The summed E-state index contributed by atoms with van der Waals surface area (Å²) < 4.78 is 5.95. The molecule has 3 aliphatic rings. The number of fused-ring (bicyclic) bond motifs is 1. The molecule has 1 atom stereocenters. The van der Waals surface area contributed by atoms with Gasteiger partial charge in [-0.1, -0.05) is 6.07 Å². The van der Waals surface area contributed by atoms with Gasteiger partial charge >= 0.3 is 0 Å². The fourth-order valence-electron chi connectivity index (χ4n) is 3.80. The van der Waals surface area contributed by atoms with Crippen molar-refractivity contribution in [3.63, 3.8) is 0 Å². The van der Waals surface area contributed by atoms with Gasteiger partial charge in [-0.15, -0.1) is 0 Å². The van der Waals surface area contributed by atoms with E-state index in [0.29, 0.717) is 57.7 Å². The van der Waals surface area contributed by atoms with Gasteiger partial charge in [-0.25, -0.2) is 0 Å². The van der Waals surface area contributed by atoms with Crippen LogP contribution in [0.3, 0.4) is 0 Å². The summed E-state index contributed by atoms with van der Waals surface area (Å²) in [7, 11) is 0. The minimum absolute atomic E-state index is 0.207. The molecule has 0 radical (unpaired) electrons. The van der Waals surface area contributed by atoms with Crippen molar-refractivity contribution >= 4 is 29.0 Å². The van der Waals surface area contributed by atoms with Crippen molar-refractivity contribution in [3.8, 4) is 5.75 Å². The Bertz CT molecular complexity index is 723. The zero-order valence-electron chi connectivity index (χ0n) is 14.0. The van der Waals surface area contributed by atoms with Crippen LogP contribution in [0.1, 0.15) is 25.7 Å². The van der Waals surface area contributed by atoms with Gasteiger partial charge in [0, 0.05) is 32.4 Å². The van der Waals surface area contributed by atoms with Crippen LogP contribution in [-0.4, -0.2) is 49.9 Å². The van der Waals surface area contributed by atoms with E-state index in [4.69, 9.17) is 4.74 Å². The number of benzene rings is 1. The van der Waals surface area contributed by atoms with Crippen molar-refractivity contribution in [3.05, 3.63) is 18.2 Å². The van der Waals surface area contributed by atoms with Gasteiger partial charge in [0.15, 0.2) is 5.75 Å². The number of imide groups is 1. The minimum atomic E-state index is -0.349. The Balaban J connectivity index is 1.64. The highest BCUT2D eigenvalue weighted by atomic mass is 16.5. The molecule has 0 spiro atoms. The van der Waals surface area contributed by atoms with E-state index >= 15 is 0 Å². The quantitative estimate of drug-likeness (QED) is 0.803. The highest BCUT2D eigenvalue weighted by Crippen LogP contribution is 2.42. The van der Waals surface area contributed by atoms with E-state index in [1.807, 2.05) is 23.1 Å². The number of rotatable bonds is 2. The number of hydrogen-bond donors (Lipinski definition) is 1. The van der Waals surface area contributed by atoms with Crippen LogP contribution in [0.5, 0.6) is 5.75 Å². The topological polar surface area (TPSA) is 79.0 Å². The van der Waals surface area contributed by atoms with Crippen molar-refractivity contribution in [2.24, 2.45) is 0 Å². The number of para-hydroxylation sites is 1. The molecule has 7 nitrogen and oxygen atoms in total. The third-order valence-electron chi connectivity index (χ3n) is 5.11. The molecule has 0 bridgehead atoms. The average molecular weight is 343 g/mol. The number of amides is 2. The molecule has 25 heavy (non-hydrogen) atoms. The zero-order chi connectivity index (χ0) is 17.4. The third kappa shape index (κ3) is 2.94. The van der Waals surface area contributed by atoms with Gasteiger partial charge < -0.3 is 14.5 Å². The highest BCUT2D eigenvalue weighted by molar-refractivity contribution is 6.02. The number of carbonyl (C=O) groups excluding carboxylic acids is 3. The van der Waals surface area contributed by atoms with Gasteiger partial charge in [0.1, 0.15) is 18.4 Å². The molecule has 0 aliphatic carbocycles. The number of ketones is 1. The van der Waals surface area contributed by atoms with Gasteiger partial charge in [-0.3, -0.25) is 19.7 Å². The maximum Gasteiger partial charge on any atom is 0.249 e. The van der Waals surface area contributed by atoms with Crippen LogP contribution in [0.25, 0.3) is 0 Å². The van der Waals surface area contributed by atoms with Crippen molar-refractivity contribution < 1.29 is 19.1 Å². The number of anilines is 2. The van der Waals surface area contributed by atoms with Crippen LogP contribution in [-0.2, 0) is 14.4 Å². The molecule has 2 fully saturated rings. The predicted molar refractivity (Wildman–Crippen MR) is 91.9 cm³/mol. The molecule has 1 aromatic rings. The lowest BCUT2D eigenvalue weighted by atomic mass is 10.0. The normalized spacial score (nSPS) is 23.8. The van der Waals surface area contributed by atoms with E-state index in [0.717, 1.165) is 17.1 Å². The molecule has 1 N–H and O–H groups in total. The summed E-state index contributed by atoms with van der Waals surface area (Å²) in [5.41, 5.74) is 1.86. The SMILES string of the molecule is O=C1CCN(c2cccc3c2OCCN3[C@H]2CCC(=O)NC2=O)CC1. The number of nitrogens with one attached hydrogen (secondary N) is 1. The summed E-state index contributed by atoms with van der Waals surface area (Å²) in [6, 6.07) is 5.57. The van der Waals surface area contributed by atoms with Crippen LogP contribution in [0.2, 0.25) is 0 Å². The number of nitrogens with zero attached hydrogens (tertiary/aromatic N) is 2. The largest absolute Gasteiger partial charge is 0.487 e. The third-order valence-corrected chi connectivity index (χ3v) is 5.11. The highest BCUT2D eigenvalue weighted by Gasteiger charge is 2.35. The molecule has 1 aromatic carbocycles. The molecule has 2 saturated heterocycles. The van der Waals surface area contributed by atoms with Crippen molar-refractivity contribution in [2.45, 2.75) is 31.7 Å². The van der Waals surface area contributed by atoms with Gasteiger partial charge in [0.25, 0.3) is 0 Å². The fourth-order valence-corrected chi connectivity index (χ4v) is 3.80. The van der Waals surface area contributed by atoms with Crippen LogP contribution in [0, 0.1) is 0 Å². The van der Waals surface area contributed by atoms with Crippen LogP contribution >= 0.6 is 0 Å². The summed E-state index contributed by atoms with van der Waals surface area (Å²) in [4.78, 5) is 39.4. The van der Waals surface area contributed by atoms with E-state index in [1.165, 1.54) is 0 Å². The summed E-state index contributed by atoms with van der Waals surface area (Å²) in [6.07, 6.45) is 1.99. The minimum Gasteiger partial charge on any atom is -0.487 e. The number of Topliss-reactive ketones (excluding diaryl/α,β-unsaturated/α-hetero) is 1. The van der Waals surface area contributed by atoms with Gasteiger partial charge in [0.2, 0.25) is 11.8 Å². The molecular weight excluding hydrogens is 322 g/mol. The molecule has 7 heteroatoms. The summed E-state index contributed by atoms with van der Waals surface area (Å²) >= 11 is 0. The van der Waals surface area contributed by atoms with Crippen LogP contribution in [0.4, 0.5) is 11.4 Å². The molecule has 4 rings (SSSR count). The van der Waals surface area contributed by atoms with Gasteiger partial charge in [-0.2, -0.15) is 0 Å². The first-order valence-corrected chi connectivity index (χ1v) is 8.76. The average Bonchev–Trinajstić information content (AvgIpc) is 2.62. The molecule has 132 valence electrons. The Kier molecular flexibility index (Phi) is 4.07. The zero-order valence-corrected chi connectivity index (χ0v) is 14.0. The first-order valence-electron chi connectivity index (χ1n) is 8.76. The van der Waals surface area contributed by atoms with E-state index in [2.05, 4.69) is 10.2 Å². The second-order valence-electron chi connectivity index (χ2n) is 6.66. The van der Waals surface area contributed by atoms with Gasteiger partial charge in [0.05, 0.1) is 17.9 Å². The molecule has 2 amide bonds. The van der Waals surface area contributed by atoms with Crippen molar-refractivity contribution in [2.75, 3.05) is 36.0 Å². The Labute approximate surface area is 145 Å². The summed E-state index contributed by atoms with van der Waals surface area (Å²) in [5.74, 6) is 0.625. The fraction of sp³-hybridized carbons (Fsp3) is 0.500. The standard InChI is InChI=1S/C18H21N3O4/c22-12-6-8-20(9-7-12)13-2-1-3-14-17(13)25-11-10-21(14)15-4-5-16(23)19-18(15)24/h1-3,15H,4-11H2,(H,19,23,24)/t15-/m0/s1. The maximum absolute atomic E-state index is 12.3. The molecule has 3 aliphatic heterocycles. The summed E-state index contributed by atoms with van der Waals surface area (Å²) in [5, 5.41) is 2.43. The Hall–Kier alpha value is -2.57. The van der Waals surface area contributed by atoms with Crippen molar-refractivity contribution in [1.82, 2.24) is 5.32 Å². The second-order valence-corrected chi connectivity index (χ2v) is 6.66. The Morgan fingerprint density at radius 1 is 1.00 bits per heavy atom. The van der Waals surface area contributed by atoms with E-state index < -0.39 is 0 Å². The molecule has 3 heterocycles. The molecule has 0 aromatic heterocycles. The number of hydrogen-bond acceptors (Lipinski definition) is 6. The van der Waals surface area contributed by atoms with Gasteiger partial charge in [-0.05, 0) is 18.6 Å². The van der Waals surface area contributed by atoms with E-state index in [-0.39, 0.29) is 17.9 Å².